The number of aliphatic hydroxyl groups is 1. The molecule has 0 spiro atoms. The maximum Gasteiger partial charge on any atom is 0.252 e. The number of nitrogens with zero attached hydrogens (tertiary/aromatic N) is 1. The minimum Gasteiger partial charge on any atom is -0.384 e. The minimum atomic E-state index is -0.261. The third-order valence-corrected chi connectivity index (χ3v) is 2.74. The fraction of sp³-hybridized carbons (Fsp3) is 0.429. The number of ether oxygens (including phenoxy) is 2. The summed E-state index contributed by atoms with van der Waals surface area (Å²) in [7, 11) is 0. The van der Waals surface area contributed by atoms with Gasteiger partial charge in [0.05, 0.1) is 37.1 Å². The van der Waals surface area contributed by atoms with Crippen LogP contribution in [0.4, 0.5) is 0 Å². The predicted octanol–water partition coefficient (Wildman–Crippen LogP) is -0.429. The molecular weight excluding hydrogens is 260 g/mol. The van der Waals surface area contributed by atoms with Crippen molar-refractivity contribution in [2.45, 2.75) is 6.10 Å². The molecule has 1 atom stereocenters. The highest BCUT2D eigenvalue weighted by atomic mass is 16.6. The Balaban J connectivity index is 1.97. The van der Waals surface area contributed by atoms with Gasteiger partial charge in [0.2, 0.25) is 0 Å². The van der Waals surface area contributed by atoms with E-state index in [4.69, 9.17) is 14.6 Å². The first-order valence-corrected chi connectivity index (χ1v) is 6.32. The second-order valence-electron chi connectivity index (χ2n) is 4.16. The van der Waals surface area contributed by atoms with Gasteiger partial charge < -0.3 is 19.9 Å². The highest BCUT2D eigenvalue weighted by Crippen LogP contribution is 2.06. The lowest BCUT2D eigenvalue weighted by molar-refractivity contribution is -0.0855. The SMILES string of the molecule is O=C(NCC1COCCO1)c1ccncc1C#CCO. The van der Waals surface area contributed by atoms with E-state index in [2.05, 4.69) is 22.1 Å². The lowest BCUT2D eigenvalue weighted by Crippen LogP contribution is -2.39. The number of carbonyl (C=O) groups is 1. The second-order valence-corrected chi connectivity index (χ2v) is 4.16. The van der Waals surface area contributed by atoms with Crippen LogP contribution in [0.1, 0.15) is 15.9 Å². The molecule has 2 rings (SSSR count). The first-order valence-electron chi connectivity index (χ1n) is 6.32. The van der Waals surface area contributed by atoms with Gasteiger partial charge in [-0.3, -0.25) is 9.78 Å². The van der Waals surface area contributed by atoms with E-state index in [0.29, 0.717) is 37.5 Å². The Bertz CT molecular complexity index is 515. The quantitative estimate of drug-likeness (QED) is 0.732. The zero-order chi connectivity index (χ0) is 14.2. The van der Waals surface area contributed by atoms with Gasteiger partial charge in [0.15, 0.2) is 0 Å². The predicted molar refractivity (Wildman–Crippen MR) is 71.1 cm³/mol. The van der Waals surface area contributed by atoms with Gasteiger partial charge in [0.25, 0.3) is 5.91 Å². The number of carbonyl (C=O) groups excluding carboxylic acids is 1. The zero-order valence-corrected chi connectivity index (χ0v) is 11.0. The molecule has 1 aliphatic rings. The van der Waals surface area contributed by atoms with E-state index in [9.17, 15) is 4.79 Å². The van der Waals surface area contributed by atoms with E-state index in [1.165, 1.54) is 12.4 Å². The van der Waals surface area contributed by atoms with Gasteiger partial charge in [-0.15, -0.1) is 0 Å². The molecule has 2 heterocycles. The molecule has 0 radical (unpaired) electrons. The zero-order valence-electron chi connectivity index (χ0n) is 11.0. The van der Waals surface area contributed by atoms with Crippen LogP contribution in [0.5, 0.6) is 0 Å². The van der Waals surface area contributed by atoms with Gasteiger partial charge in [0.1, 0.15) is 6.61 Å². The van der Waals surface area contributed by atoms with Gasteiger partial charge in [-0.1, -0.05) is 11.8 Å². The fourth-order valence-corrected chi connectivity index (χ4v) is 1.78. The highest BCUT2D eigenvalue weighted by molar-refractivity contribution is 5.96. The second kappa shape index (κ2) is 7.60. The summed E-state index contributed by atoms with van der Waals surface area (Å²) in [6, 6.07) is 1.59. The molecule has 1 aliphatic heterocycles. The summed E-state index contributed by atoms with van der Waals surface area (Å²) in [5.74, 6) is 4.96. The van der Waals surface area contributed by atoms with Crippen molar-refractivity contribution in [2.75, 3.05) is 33.0 Å². The number of amides is 1. The van der Waals surface area contributed by atoms with Crippen LogP contribution in [-0.4, -0.2) is 55.1 Å². The van der Waals surface area contributed by atoms with Crippen molar-refractivity contribution in [2.24, 2.45) is 0 Å². The van der Waals surface area contributed by atoms with E-state index in [1.807, 2.05) is 0 Å². The van der Waals surface area contributed by atoms with Crippen molar-refractivity contribution < 1.29 is 19.4 Å². The summed E-state index contributed by atoms with van der Waals surface area (Å²) in [6.45, 7) is 1.74. The third-order valence-electron chi connectivity index (χ3n) is 2.74. The Hall–Kier alpha value is -1.94. The van der Waals surface area contributed by atoms with Crippen LogP contribution in [-0.2, 0) is 9.47 Å². The third kappa shape index (κ3) is 4.03. The Morgan fingerprint density at radius 1 is 1.55 bits per heavy atom. The van der Waals surface area contributed by atoms with Crippen LogP contribution in [0.15, 0.2) is 18.5 Å². The van der Waals surface area contributed by atoms with Crippen molar-refractivity contribution in [3.8, 4) is 11.8 Å². The van der Waals surface area contributed by atoms with Gasteiger partial charge in [-0.25, -0.2) is 0 Å². The highest BCUT2D eigenvalue weighted by Gasteiger charge is 2.16. The van der Waals surface area contributed by atoms with Gasteiger partial charge in [-0.2, -0.15) is 0 Å². The van der Waals surface area contributed by atoms with E-state index in [-0.39, 0.29) is 18.6 Å². The van der Waals surface area contributed by atoms with Crippen LogP contribution < -0.4 is 5.32 Å². The van der Waals surface area contributed by atoms with E-state index < -0.39 is 0 Å². The molecule has 1 aromatic rings. The van der Waals surface area contributed by atoms with Crippen molar-refractivity contribution in [3.05, 3.63) is 29.6 Å². The molecule has 1 amide bonds. The molecule has 1 unspecified atom stereocenters. The molecule has 20 heavy (non-hydrogen) atoms. The molecular formula is C14H16N2O4. The molecule has 0 aromatic carbocycles. The number of hydrogen-bond acceptors (Lipinski definition) is 5. The summed E-state index contributed by atoms with van der Waals surface area (Å²) in [5, 5.41) is 11.5. The molecule has 6 heteroatoms. The molecule has 0 bridgehead atoms. The molecule has 2 N–H and O–H groups in total. The minimum absolute atomic E-state index is 0.124. The molecule has 1 fully saturated rings. The summed E-state index contributed by atoms with van der Waals surface area (Å²) in [6.07, 6.45) is 2.90. The van der Waals surface area contributed by atoms with Crippen molar-refractivity contribution in [1.29, 1.82) is 0 Å². The van der Waals surface area contributed by atoms with Crippen molar-refractivity contribution >= 4 is 5.91 Å². The molecule has 0 saturated carbocycles. The number of hydrogen-bond donors (Lipinski definition) is 2. The average Bonchev–Trinajstić information content (AvgIpc) is 2.52. The van der Waals surface area contributed by atoms with Crippen LogP contribution in [0.2, 0.25) is 0 Å². The van der Waals surface area contributed by atoms with Crippen LogP contribution in [0.25, 0.3) is 0 Å². The molecule has 106 valence electrons. The first kappa shape index (κ1) is 14.5. The number of aliphatic hydroxyl groups excluding tert-OH is 1. The Morgan fingerprint density at radius 3 is 3.20 bits per heavy atom. The Labute approximate surface area is 117 Å². The maximum absolute atomic E-state index is 12.1. The van der Waals surface area contributed by atoms with Crippen LogP contribution >= 0.6 is 0 Å². The van der Waals surface area contributed by atoms with Gasteiger partial charge in [0, 0.05) is 18.9 Å². The van der Waals surface area contributed by atoms with Crippen molar-refractivity contribution in [3.63, 3.8) is 0 Å². The summed E-state index contributed by atoms with van der Waals surface area (Å²) >= 11 is 0. The standard InChI is InChI=1S/C14H16N2O4/c17-5-1-2-11-8-15-4-3-13(11)14(18)16-9-12-10-19-6-7-20-12/h3-4,8,12,17H,5-7,9-10H2,(H,16,18). The Morgan fingerprint density at radius 2 is 2.45 bits per heavy atom. The van der Waals surface area contributed by atoms with Crippen molar-refractivity contribution in [1.82, 2.24) is 10.3 Å². The number of aromatic nitrogens is 1. The largest absolute Gasteiger partial charge is 0.384 e. The van der Waals surface area contributed by atoms with E-state index >= 15 is 0 Å². The molecule has 1 saturated heterocycles. The number of pyridine rings is 1. The monoisotopic (exact) mass is 276 g/mol. The van der Waals surface area contributed by atoms with E-state index in [1.54, 1.807) is 6.07 Å². The molecule has 6 nitrogen and oxygen atoms in total. The summed E-state index contributed by atoms with van der Waals surface area (Å²) in [5.41, 5.74) is 0.914. The summed E-state index contributed by atoms with van der Waals surface area (Å²) in [4.78, 5) is 16.0. The smallest absolute Gasteiger partial charge is 0.252 e. The lowest BCUT2D eigenvalue weighted by Gasteiger charge is -2.23. The maximum atomic E-state index is 12.1. The number of rotatable bonds is 3. The normalized spacial score (nSPS) is 17.9. The average molecular weight is 276 g/mol. The van der Waals surface area contributed by atoms with Crippen LogP contribution in [0.3, 0.4) is 0 Å². The van der Waals surface area contributed by atoms with Gasteiger partial charge in [-0.05, 0) is 6.07 Å². The van der Waals surface area contributed by atoms with Gasteiger partial charge >= 0.3 is 0 Å². The molecule has 1 aromatic heterocycles. The van der Waals surface area contributed by atoms with E-state index in [0.717, 1.165) is 0 Å². The molecule has 0 aliphatic carbocycles. The van der Waals surface area contributed by atoms with Crippen LogP contribution in [0, 0.1) is 11.8 Å². The lowest BCUT2D eigenvalue weighted by atomic mass is 10.1. The fourth-order valence-electron chi connectivity index (χ4n) is 1.78. The topological polar surface area (TPSA) is 80.7 Å². The summed E-state index contributed by atoms with van der Waals surface area (Å²) < 4.78 is 10.7. The number of nitrogens with one attached hydrogen (secondary N) is 1. The Kier molecular flexibility index (Phi) is 5.50. The first-order chi connectivity index (χ1) is 9.81.